The number of ketones is 1. The summed E-state index contributed by atoms with van der Waals surface area (Å²) in [5.74, 6) is 0.950. The van der Waals surface area contributed by atoms with Crippen LogP contribution in [0.15, 0.2) is 71.7 Å². The fourth-order valence-corrected chi connectivity index (χ4v) is 7.17. The molecular formula is C32H31N3O4S. The number of hydrogen-bond acceptors (Lipinski definition) is 6. The second-order valence-electron chi connectivity index (χ2n) is 11.0. The summed E-state index contributed by atoms with van der Waals surface area (Å²) >= 11 is 1.50. The third-order valence-corrected chi connectivity index (χ3v) is 9.49. The molecule has 4 unspecified atom stereocenters. The second-order valence-corrected chi connectivity index (χ2v) is 12.0. The number of nitrogens with zero attached hydrogens (tertiary/aromatic N) is 1. The van der Waals surface area contributed by atoms with E-state index in [-0.39, 0.29) is 35.5 Å². The van der Waals surface area contributed by atoms with Crippen molar-refractivity contribution in [2.45, 2.75) is 44.6 Å². The van der Waals surface area contributed by atoms with Gasteiger partial charge in [-0.3, -0.25) is 19.4 Å². The molecule has 2 amide bonds. The molecule has 7 rings (SSSR count). The number of ether oxygens (including phenoxy) is 1. The summed E-state index contributed by atoms with van der Waals surface area (Å²) in [6.07, 6.45) is 0.919. The van der Waals surface area contributed by atoms with E-state index >= 15 is 0 Å². The number of Topliss-reactive ketones (excluding diaryl/α,β-unsaturated/α-hetero) is 1. The van der Waals surface area contributed by atoms with Crippen molar-refractivity contribution in [3.63, 3.8) is 0 Å². The minimum Gasteiger partial charge on any atom is -0.496 e. The predicted octanol–water partition coefficient (Wildman–Crippen LogP) is 5.77. The fraction of sp³-hybridized carbons (Fsp3) is 0.312. The van der Waals surface area contributed by atoms with Gasteiger partial charge in [0.05, 0.1) is 18.6 Å². The highest BCUT2D eigenvalue weighted by molar-refractivity contribution is 8.14. The number of amidine groups is 1. The first-order valence-corrected chi connectivity index (χ1v) is 14.4. The van der Waals surface area contributed by atoms with Gasteiger partial charge in [0.15, 0.2) is 5.17 Å². The Hall–Kier alpha value is -3.91. The summed E-state index contributed by atoms with van der Waals surface area (Å²) in [4.78, 5) is 44.1. The topological polar surface area (TPSA) is 96.9 Å². The van der Waals surface area contributed by atoms with E-state index in [0.29, 0.717) is 40.8 Å². The van der Waals surface area contributed by atoms with E-state index in [2.05, 4.69) is 16.7 Å². The summed E-state index contributed by atoms with van der Waals surface area (Å²) in [6.45, 7) is 3.93. The number of hydrogen-bond donors (Lipinski definition) is 2. The van der Waals surface area contributed by atoms with E-state index in [0.717, 1.165) is 22.3 Å². The summed E-state index contributed by atoms with van der Waals surface area (Å²) in [7, 11) is 1.60. The van der Waals surface area contributed by atoms with Crippen LogP contribution in [0.1, 0.15) is 70.3 Å². The van der Waals surface area contributed by atoms with Crippen LogP contribution in [0, 0.1) is 12.3 Å². The van der Waals surface area contributed by atoms with Gasteiger partial charge in [-0.25, -0.2) is 0 Å². The smallest absolute Gasteiger partial charge is 0.255 e. The largest absolute Gasteiger partial charge is 0.496 e. The highest BCUT2D eigenvalue weighted by atomic mass is 32.2. The first-order chi connectivity index (χ1) is 19.3. The van der Waals surface area contributed by atoms with Crippen LogP contribution in [-0.4, -0.2) is 35.6 Å². The highest BCUT2D eigenvalue weighted by Gasteiger charge is 2.54. The van der Waals surface area contributed by atoms with Gasteiger partial charge in [0.1, 0.15) is 11.5 Å². The minimum atomic E-state index is -0.676. The average Bonchev–Trinajstić information content (AvgIpc) is 3.43. The molecule has 40 heavy (non-hydrogen) atoms. The first kappa shape index (κ1) is 26.3. The number of carbonyl (C=O) groups excluding carboxylic acids is 3. The molecule has 7 nitrogen and oxygen atoms in total. The molecule has 3 aromatic carbocycles. The summed E-state index contributed by atoms with van der Waals surface area (Å²) in [6, 6.07) is 20.8. The third kappa shape index (κ3) is 4.60. The molecule has 204 valence electrons. The molecule has 3 aromatic rings. The van der Waals surface area contributed by atoms with Gasteiger partial charge in [0.25, 0.3) is 5.91 Å². The molecule has 1 saturated carbocycles. The third-order valence-electron chi connectivity index (χ3n) is 8.53. The summed E-state index contributed by atoms with van der Waals surface area (Å²) in [5.41, 5.74) is 4.61. The molecule has 0 saturated heterocycles. The van der Waals surface area contributed by atoms with Crippen LogP contribution < -0.4 is 15.4 Å². The Morgan fingerprint density at radius 3 is 2.62 bits per heavy atom. The lowest BCUT2D eigenvalue weighted by molar-refractivity contribution is -0.137. The van der Waals surface area contributed by atoms with Crippen LogP contribution in [0.5, 0.6) is 5.75 Å². The van der Waals surface area contributed by atoms with E-state index in [1.54, 1.807) is 19.2 Å². The van der Waals surface area contributed by atoms with Crippen LogP contribution >= 0.6 is 11.8 Å². The number of nitrogens with one attached hydrogen (secondary N) is 2. The normalized spacial score (nSPS) is 24.7. The zero-order valence-electron chi connectivity index (χ0n) is 22.7. The number of aryl methyl sites for hydroxylation is 1. The number of aliphatic imine (C=N–C) groups is 1. The number of carbonyl (C=O) groups is 3. The number of fused-ring (bicyclic) bond motifs is 2. The fourth-order valence-electron chi connectivity index (χ4n) is 6.22. The standard InChI is InChI=1S/C32H31N3O4S/c1-18-11-12-21(14-28(18)39-3)33-29(37)20-8-6-7-19(13-20)26-17-40-31(34-26)35-30(38)32(2)16-24-22-9-4-5-10-23(22)25(32)15-27(24)36/h4-14,24-26H,15-17H2,1-3H3,(H,33,37)(H,34,35,38). The van der Waals surface area contributed by atoms with E-state index in [4.69, 9.17) is 9.73 Å². The van der Waals surface area contributed by atoms with E-state index in [1.807, 2.05) is 62.4 Å². The maximum atomic E-state index is 13.6. The molecular weight excluding hydrogens is 522 g/mol. The maximum Gasteiger partial charge on any atom is 0.255 e. The van der Waals surface area contributed by atoms with Crippen molar-refractivity contribution in [3.05, 3.63) is 94.5 Å². The van der Waals surface area contributed by atoms with E-state index in [9.17, 15) is 14.4 Å². The molecule has 3 aliphatic carbocycles. The van der Waals surface area contributed by atoms with Crippen LogP contribution in [0.25, 0.3) is 0 Å². The number of rotatable bonds is 5. The van der Waals surface area contributed by atoms with E-state index < -0.39 is 5.41 Å². The molecule has 1 heterocycles. The van der Waals surface area contributed by atoms with Gasteiger partial charge in [-0.2, -0.15) is 0 Å². The number of thioether (sulfide) groups is 1. The SMILES string of the molecule is COc1cc(NC(=O)c2cccc(C3CSC(NC(=O)C4(C)CC5C(=O)CC4c4ccccc45)=N3)c2)ccc1C. The lowest BCUT2D eigenvalue weighted by Gasteiger charge is -2.48. The molecule has 0 spiro atoms. The lowest BCUT2D eigenvalue weighted by Crippen LogP contribution is -2.51. The number of methoxy groups -OCH3 is 1. The molecule has 0 aromatic heterocycles. The van der Waals surface area contributed by atoms with Gasteiger partial charge in [-0.15, -0.1) is 0 Å². The number of benzene rings is 3. The molecule has 4 atom stereocenters. The van der Waals surface area contributed by atoms with Crippen LogP contribution in [0.2, 0.25) is 0 Å². The minimum absolute atomic E-state index is 0.0851. The Bertz CT molecular complexity index is 1570. The molecule has 0 radical (unpaired) electrons. The van der Waals surface area contributed by atoms with Gasteiger partial charge in [0, 0.05) is 41.3 Å². The zero-order valence-corrected chi connectivity index (χ0v) is 23.5. The lowest BCUT2D eigenvalue weighted by atomic mass is 9.54. The first-order valence-electron chi connectivity index (χ1n) is 13.5. The molecule has 8 heteroatoms. The maximum absolute atomic E-state index is 13.6. The van der Waals surface area contributed by atoms with Crippen molar-refractivity contribution >= 4 is 40.2 Å². The number of amides is 2. The number of anilines is 1. The molecule has 2 N–H and O–H groups in total. The predicted molar refractivity (Wildman–Crippen MR) is 157 cm³/mol. The van der Waals surface area contributed by atoms with Gasteiger partial charge >= 0.3 is 0 Å². The van der Waals surface area contributed by atoms with Crippen LogP contribution in [0.3, 0.4) is 0 Å². The molecule has 2 bridgehead atoms. The summed E-state index contributed by atoms with van der Waals surface area (Å²) < 4.78 is 5.36. The Kier molecular flexibility index (Phi) is 6.74. The molecule has 1 fully saturated rings. The van der Waals surface area contributed by atoms with Crippen molar-refractivity contribution in [2.75, 3.05) is 18.2 Å². The van der Waals surface area contributed by atoms with Gasteiger partial charge < -0.3 is 15.4 Å². The van der Waals surface area contributed by atoms with E-state index in [1.165, 1.54) is 11.8 Å². The Labute approximate surface area is 237 Å². The average molecular weight is 554 g/mol. The highest BCUT2D eigenvalue weighted by Crippen LogP contribution is 2.57. The van der Waals surface area contributed by atoms with Crippen LogP contribution in [0.4, 0.5) is 5.69 Å². The summed E-state index contributed by atoms with van der Waals surface area (Å²) in [5, 5.41) is 6.59. The molecule has 4 aliphatic rings. The van der Waals surface area contributed by atoms with Crippen molar-refractivity contribution in [2.24, 2.45) is 10.4 Å². The van der Waals surface area contributed by atoms with Crippen molar-refractivity contribution < 1.29 is 19.1 Å². The monoisotopic (exact) mass is 553 g/mol. The zero-order chi connectivity index (χ0) is 28.0. The van der Waals surface area contributed by atoms with Crippen molar-refractivity contribution in [3.8, 4) is 5.75 Å². The van der Waals surface area contributed by atoms with Gasteiger partial charge in [-0.1, -0.05) is 61.2 Å². The van der Waals surface area contributed by atoms with Crippen molar-refractivity contribution in [1.29, 1.82) is 0 Å². The Morgan fingerprint density at radius 2 is 1.82 bits per heavy atom. The van der Waals surface area contributed by atoms with Gasteiger partial charge in [0.2, 0.25) is 5.91 Å². The Balaban J connectivity index is 1.15. The quantitative estimate of drug-likeness (QED) is 0.418. The molecule has 1 aliphatic heterocycles. The van der Waals surface area contributed by atoms with Gasteiger partial charge in [-0.05, 0) is 53.8 Å². The second kappa shape index (κ2) is 10.2. The Morgan fingerprint density at radius 1 is 1.02 bits per heavy atom. The van der Waals surface area contributed by atoms with Crippen LogP contribution in [-0.2, 0) is 9.59 Å². The van der Waals surface area contributed by atoms with Crippen molar-refractivity contribution in [1.82, 2.24) is 5.32 Å².